The van der Waals surface area contributed by atoms with Gasteiger partial charge in [-0.1, -0.05) is 17.7 Å². The lowest BCUT2D eigenvalue weighted by Crippen LogP contribution is -2.28. The van der Waals surface area contributed by atoms with Crippen LogP contribution in [0.15, 0.2) is 59.2 Å². The van der Waals surface area contributed by atoms with Crippen molar-refractivity contribution in [3.63, 3.8) is 0 Å². The van der Waals surface area contributed by atoms with Crippen molar-refractivity contribution >= 4 is 29.3 Å². The SMILES string of the molecule is Cc1ccc(-c2nc(CCNC(=O)CSCC(=O)Nc3ccc(F)cc3)co2)cc1. The number of carbonyl (C=O) groups excluding carboxylic acids is 2. The summed E-state index contributed by atoms with van der Waals surface area (Å²) in [4.78, 5) is 28.2. The van der Waals surface area contributed by atoms with Crippen LogP contribution in [-0.2, 0) is 16.0 Å². The lowest BCUT2D eigenvalue weighted by molar-refractivity contribution is -0.118. The second-order valence-electron chi connectivity index (χ2n) is 6.66. The van der Waals surface area contributed by atoms with Crippen LogP contribution in [0.3, 0.4) is 0 Å². The molecule has 6 nitrogen and oxygen atoms in total. The molecule has 0 fully saturated rings. The first-order valence-electron chi connectivity index (χ1n) is 9.41. The van der Waals surface area contributed by atoms with Crippen LogP contribution in [0.2, 0.25) is 0 Å². The van der Waals surface area contributed by atoms with E-state index < -0.39 is 0 Å². The molecule has 2 amide bonds. The lowest BCUT2D eigenvalue weighted by atomic mass is 10.1. The fourth-order valence-corrected chi connectivity index (χ4v) is 3.25. The summed E-state index contributed by atoms with van der Waals surface area (Å²) in [6, 6.07) is 13.4. The fraction of sp³-hybridized carbons (Fsp3) is 0.227. The van der Waals surface area contributed by atoms with Crippen molar-refractivity contribution in [3.8, 4) is 11.5 Å². The highest BCUT2D eigenvalue weighted by molar-refractivity contribution is 8.00. The highest BCUT2D eigenvalue weighted by Gasteiger charge is 2.09. The maximum Gasteiger partial charge on any atom is 0.234 e. The van der Waals surface area contributed by atoms with E-state index in [9.17, 15) is 14.0 Å². The number of nitrogens with one attached hydrogen (secondary N) is 2. The van der Waals surface area contributed by atoms with Crippen LogP contribution in [-0.4, -0.2) is 34.8 Å². The third-order valence-electron chi connectivity index (χ3n) is 4.15. The van der Waals surface area contributed by atoms with Gasteiger partial charge in [0.2, 0.25) is 17.7 Å². The quantitative estimate of drug-likeness (QED) is 0.542. The summed E-state index contributed by atoms with van der Waals surface area (Å²) in [5.41, 5.74) is 3.35. The number of carbonyl (C=O) groups is 2. The Bertz CT molecular complexity index is 988. The molecule has 0 aliphatic rings. The van der Waals surface area contributed by atoms with E-state index in [2.05, 4.69) is 15.6 Å². The van der Waals surface area contributed by atoms with Gasteiger partial charge >= 0.3 is 0 Å². The van der Waals surface area contributed by atoms with Gasteiger partial charge in [0.1, 0.15) is 12.1 Å². The lowest BCUT2D eigenvalue weighted by Gasteiger charge is -2.06. The number of hydrogen-bond acceptors (Lipinski definition) is 5. The van der Waals surface area contributed by atoms with Gasteiger partial charge in [-0.15, -0.1) is 11.8 Å². The van der Waals surface area contributed by atoms with Gasteiger partial charge in [0.25, 0.3) is 0 Å². The number of thioether (sulfide) groups is 1. The van der Waals surface area contributed by atoms with Crippen molar-refractivity contribution in [1.29, 1.82) is 0 Å². The molecule has 0 saturated heterocycles. The molecule has 30 heavy (non-hydrogen) atoms. The van der Waals surface area contributed by atoms with E-state index in [-0.39, 0.29) is 29.1 Å². The van der Waals surface area contributed by atoms with E-state index in [4.69, 9.17) is 4.42 Å². The van der Waals surface area contributed by atoms with Crippen LogP contribution in [0.25, 0.3) is 11.5 Å². The van der Waals surface area contributed by atoms with Gasteiger partial charge in [-0.05, 0) is 43.3 Å². The Morgan fingerprint density at radius 1 is 1.03 bits per heavy atom. The Labute approximate surface area is 178 Å². The van der Waals surface area contributed by atoms with E-state index in [0.29, 0.717) is 24.5 Å². The number of rotatable bonds is 9. The topological polar surface area (TPSA) is 84.2 Å². The summed E-state index contributed by atoms with van der Waals surface area (Å²) >= 11 is 1.21. The minimum Gasteiger partial charge on any atom is -0.444 e. The molecular weight excluding hydrogens is 405 g/mol. The molecule has 1 heterocycles. The molecule has 0 atom stereocenters. The number of aryl methyl sites for hydroxylation is 1. The van der Waals surface area contributed by atoms with Gasteiger partial charge in [-0.3, -0.25) is 9.59 Å². The zero-order chi connectivity index (χ0) is 21.3. The first-order valence-corrected chi connectivity index (χ1v) is 10.6. The molecule has 156 valence electrons. The smallest absolute Gasteiger partial charge is 0.234 e. The highest BCUT2D eigenvalue weighted by Crippen LogP contribution is 2.19. The largest absolute Gasteiger partial charge is 0.444 e. The van der Waals surface area contributed by atoms with E-state index in [1.807, 2.05) is 31.2 Å². The van der Waals surface area contributed by atoms with Crippen molar-refractivity contribution in [2.45, 2.75) is 13.3 Å². The summed E-state index contributed by atoms with van der Waals surface area (Å²) in [5, 5.41) is 5.45. The molecule has 0 saturated carbocycles. The molecule has 3 aromatic rings. The van der Waals surface area contributed by atoms with Gasteiger partial charge in [-0.2, -0.15) is 0 Å². The fourth-order valence-electron chi connectivity index (χ4n) is 2.60. The Hall–Kier alpha value is -3.13. The molecule has 0 spiro atoms. The number of amides is 2. The van der Waals surface area contributed by atoms with Gasteiger partial charge in [-0.25, -0.2) is 9.37 Å². The second kappa shape index (κ2) is 10.6. The van der Waals surface area contributed by atoms with Crippen molar-refractivity contribution < 1.29 is 18.4 Å². The zero-order valence-corrected chi connectivity index (χ0v) is 17.3. The maximum atomic E-state index is 12.8. The number of benzene rings is 2. The van der Waals surface area contributed by atoms with Crippen molar-refractivity contribution in [1.82, 2.24) is 10.3 Å². The third-order valence-corrected chi connectivity index (χ3v) is 5.08. The van der Waals surface area contributed by atoms with Crippen LogP contribution in [0.4, 0.5) is 10.1 Å². The average Bonchev–Trinajstić information content (AvgIpc) is 3.19. The molecule has 0 aliphatic carbocycles. The van der Waals surface area contributed by atoms with Gasteiger partial charge < -0.3 is 15.1 Å². The zero-order valence-electron chi connectivity index (χ0n) is 16.5. The van der Waals surface area contributed by atoms with E-state index in [1.54, 1.807) is 6.26 Å². The van der Waals surface area contributed by atoms with E-state index >= 15 is 0 Å². The summed E-state index contributed by atoms with van der Waals surface area (Å²) in [6.45, 7) is 2.45. The Kier molecular flexibility index (Phi) is 7.62. The summed E-state index contributed by atoms with van der Waals surface area (Å²) in [5.74, 6) is 0.0932. The summed E-state index contributed by atoms with van der Waals surface area (Å²) in [6.07, 6.45) is 2.15. The van der Waals surface area contributed by atoms with Crippen molar-refractivity contribution in [2.24, 2.45) is 0 Å². The molecule has 0 radical (unpaired) electrons. The summed E-state index contributed by atoms with van der Waals surface area (Å²) < 4.78 is 18.3. The number of halogens is 1. The molecule has 8 heteroatoms. The predicted octanol–water partition coefficient (Wildman–Crippen LogP) is 3.82. The molecule has 0 bridgehead atoms. The Morgan fingerprint density at radius 2 is 1.73 bits per heavy atom. The van der Waals surface area contributed by atoms with Crippen LogP contribution < -0.4 is 10.6 Å². The summed E-state index contributed by atoms with van der Waals surface area (Å²) in [7, 11) is 0. The van der Waals surface area contributed by atoms with E-state index in [1.165, 1.54) is 41.6 Å². The number of hydrogen-bond donors (Lipinski definition) is 2. The second-order valence-corrected chi connectivity index (χ2v) is 7.64. The van der Waals surface area contributed by atoms with Crippen LogP contribution in [0, 0.1) is 12.7 Å². The number of nitrogens with zero attached hydrogens (tertiary/aromatic N) is 1. The highest BCUT2D eigenvalue weighted by atomic mass is 32.2. The number of aromatic nitrogens is 1. The molecule has 3 rings (SSSR count). The van der Waals surface area contributed by atoms with Crippen molar-refractivity contribution in [2.75, 3.05) is 23.4 Å². The Balaban J connectivity index is 1.32. The number of oxazole rings is 1. The Morgan fingerprint density at radius 3 is 2.47 bits per heavy atom. The first kappa shape index (κ1) is 21.6. The minimum atomic E-state index is -0.365. The maximum absolute atomic E-state index is 12.8. The standard InChI is InChI=1S/C22H22FN3O3S/c1-15-2-4-16(5-3-15)22-26-19(12-29-22)10-11-24-20(27)13-30-14-21(28)25-18-8-6-17(23)7-9-18/h2-9,12H,10-11,13-14H2,1H3,(H,24,27)(H,25,28). The van der Waals surface area contributed by atoms with Crippen molar-refractivity contribution in [3.05, 3.63) is 71.9 Å². The third kappa shape index (κ3) is 6.73. The van der Waals surface area contributed by atoms with Gasteiger partial charge in [0, 0.05) is 24.2 Å². The minimum absolute atomic E-state index is 0.133. The first-order chi connectivity index (χ1) is 14.5. The molecule has 0 unspecified atom stereocenters. The monoisotopic (exact) mass is 427 g/mol. The molecule has 1 aromatic heterocycles. The van der Waals surface area contributed by atoms with Gasteiger partial charge in [0.15, 0.2) is 0 Å². The average molecular weight is 428 g/mol. The van der Waals surface area contributed by atoms with Crippen LogP contribution >= 0.6 is 11.8 Å². The van der Waals surface area contributed by atoms with E-state index in [0.717, 1.165) is 11.3 Å². The molecule has 0 aliphatic heterocycles. The normalized spacial score (nSPS) is 10.6. The predicted molar refractivity (Wildman–Crippen MR) is 116 cm³/mol. The van der Waals surface area contributed by atoms with Crippen LogP contribution in [0.1, 0.15) is 11.3 Å². The van der Waals surface area contributed by atoms with Crippen LogP contribution in [0.5, 0.6) is 0 Å². The molecule has 2 N–H and O–H groups in total. The van der Waals surface area contributed by atoms with Gasteiger partial charge in [0.05, 0.1) is 17.2 Å². The molecular formula is C22H22FN3O3S. The number of anilines is 1. The molecule has 2 aromatic carbocycles.